The zero-order valence-electron chi connectivity index (χ0n) is 6.86. The standard InChI is InChI=1S/C4H8O3.C3H5NO/c1-2-3(5)4(6)7;1-2-3(4)5/h3,5H,2H2,1H3,(H,6,7);2H,1H2,(H2,4,5). The molecule has 0 fully saturated rings. The molecule has 0 aliphatic carbocycles. The average molecular weight is 175 g/mol. The molecule has 0 aliphatic heterocycles. The number of hydrogen-bond donors (Lipinski definition) is 3. The molecule has 5 nitrogen and oxygen atoms in total. The molecule has 1 amide bonds. The quantitative estimate of drug-likeness (QED) is 0.503. The van der Waals surface area contributed by atoms with Gasteiger partial charge in [-0.3, -0.25) is 4.79 Å². The molecule has 4 N–H and O–H groups in total. The second-order valence-corrected chi connectivity index (χ2v) is 1.87. The molecule has 0 saturated carbocycles. The largest absolute Gasteiger partial charge is 0.479 e. The van der Waals surface area contributed by atoms with Gasteiger partial charge in [-0.15, -0.1) is 0 Å². The van der Waals surface area contributed by atoms with Crippen LogP contribution in [0.3, 0.4) is 0 Å². The van der Waals surface area contributed by atoms with E-state index in [9.17, 15) is 9.59 Å². The second-order valence-electron chi connectivity index (χ2n) is 1.87. The number of aliphatic hydroxyl groups excluding tert-OH is 1. The van der Waals surface area contributed by atoms with Crippen LogP contribution in [-0.2, 0) is 9.59 Å². The van der Waals surface area contributed by atoms with Gasteiger partial charge in [0.1, 0.15) is 0 Å². The number of primary amides is 1. The topological polar surface area (TPSA) is 101 Å². The van der Waals surface area contributed by atoms with Crippen molar-refractivity contribution < 1.29 is 19.8 Å². The summed E-state index contributed by atoms with van der Waals surface area (Å²) < 4.78 is 0. The average Bonchev–Trinajstić information content (AvgIpc) is 2.04. The summed E-state index contributed by atoms with van der Waals surface area (Å²) in [6.07, 6.45) is 0.148. The molecule has 12 heavy (non-hydrogen) atoms. The summed E-state index contributed by atoms with van der Waals surface area (Å²) in [6.45, 7) is 4.70. The van der Waals surface area contributed by atoms with Gasteiger partial charge in [0, 0.05) is 0 Å². The maximum atomic E-state index is 9.68. The summed E-state index contributed by atoms with van der Waals surface area (Å²) in [5.41, 5.74) is 4.53. The number of carboxylic acid groups (broad SMARTS) is 1. The lowest BCUT2D eigenvalue weighted by molar-refractivity contribution is -0.146. The molecule has 5 heteroatoms. The summed E-state index contributed by atoms with van der Waals surface area (Å²) in [6, 6.07) is 0. The summed E-state index contributed by atoms with van der Waals surface area (Å²) in [5, 5.41) is 16.3. The predicted octanol–water partition coefficient (Wildman–Crippen LogP) is -0.500. The molecular formula is C7H13NO4. The summed E-state index contributed by atoms with van der Waals surface area (Å²) in [5.74, 6) is -1.63. The molecule has 0 aliphatic rings. The number of hydrogen-bond acceptors (Lipinski definition) is 3. The molecule has 0 spiro atoms. The van der Waals surface area contributed by atoms with Gasteiger partial charge in [0.25, 0.3) is 0 Å². The Kier molecular flexibility index (Phi) is 8.55. The van der Waals surface area contributed by atoms with E-state index in [1.807, 2.05) is 0 Å². The minimum absolute atomic E-state index is 0.273. The Hall–Kier alpha value is -1.36. The molecule has 70 valence electrons. The molecular weight excluding hydrogens is 162 g/mol. The molecule has 1 unspecified atom stereocenters. The number of rotatable bonds is 3. The maximum Gasteiger partial charge on any atom is 0.332 e. The monoisotopic (exact) mass is 175 g/mol. The van der Waals surface area contributed by atoms with Gasteiger partial charge in [-0.1, -0.05) is 13.5 Å². The summed E-state index contributed by atoms with van der Waals surface area (Å²) >= 11 is 0. The molecule has 0 radical (unpaired) electrons. The number of carbonyl (C=O) groups is 2. The lowest BCUT2D eigenvalue weighted by Crippen LogP contribution is -2.17. The van der Waals surface area contributed by atoms with Gasteiger partial charge in [-0.25, -0.2) is 4.79 Å². The third-order valence-electron chi connectivity index (χ3n) is 0.873. The molecule has 1 atom stereocenters. The van der Waals surface area contributed by atoms with Crippen LogP contribution in [0.5, 0.6) is 0 Å². The second kappa shape index (κ2) is 7.74. The highest BCUT2D eigenvalue weighted by Crippen LogP contribution is 1.86. The normalized spacial score (nSPS) is 10.5. The molecule has 0 aromatic heterocycles. The van der Waals surface area contributed by atoms with Crippen LogP contribution >= 0.6 is 0 Å². The first-order chi connectivity index (χ1) is 5.45. The van der Waals surface area contributed by atoms with Crippen LogP contribution in [0.15, 0.2) is 12.7 Å². The Bertz CT molecular complexity index is 167. The van der Waals surface area contributed by atoms with Crippen molar-refractivity contribution in [1.29, 1.82) is 0 Å². The number of carbonyl (C=O) groups excluding carboxylic acids is 1. The van der Waals surface area contributed by atoms with Gasteiger partial charge < -0.3 is 15.9 Å². The Morgan fingerprint density at radius 1 is 1.67 bits per heavy atom. The van der Waals surface area contributed by atoms with E-state index < -0.39 is 18.0 Å². The van der Waals surface area contributed by atoms with Crippen LogP contribution in [-0.4, -0.2) is 28.2 Å². The Labute approximate surface area is 70.5 Å². The third-order valence-corrected chi connectivity index (χ3v) is 0.873. The highest BCUT2D eigenvalue weighted by Gasteiger charge is 2.07. The molecule has 0 aromatic rings. The van der Waals surface area contributed by atoms with Gasteiger partial charge in [-0.05, 0) is 12.5 Å². The fraction of sp³-hybridized carbons (Fsp3) is 0.429. The van der Waals surface area contributed by atoms with Gasteiger partial charge in [0.05, 0.1) is 0 Å². The Morgan fingerprint density at radius 2 is 2.00 bits per heavy atom. The number of nitrogens with two attached hydrogens (primary N) is 1. The predicted molar refractivity (Wildman–Crippen MR) is 43.3 cm³/mol. The van der Waals surface area contributed by atoms with E-state index in [1.54, 1.807) is 6.92 Å². The zero-order valence-corrected chi connectivity index (χ0v) is 6.86. The van der Waals surface area contributed by atoms with Crippen molar-refractivity contribution in [2.45, 2.75) is 19.4 Å². The minimum Gasteiger partial charge on any atom is -0.479 e. The fourth-order valence-corrected chi connectivity index (χ4v) is 0.175. The molecule has 0 rings (SSSR count). The van der Waals surface area contributed by atoms with Crippen molar-refractivity contribution in [3.63, 3.8) is 0 Å². The number of carboxylic acids is 1. The van der Waals surface area contributed by atoms with E-state index in [2.05, 4.69) is 12.3 Å². The van der Waals surface area contributed by atoms with Crippen LogP contribution in [0, 0.1) is 0 Å². The van der Waals surface area contributed by atoms with Gasteiger partial charge in [0.2, 0.25) is 5.91 Å². The summed E-state index contributed by atoms with van der Waals surface area (Å²) in [7, 11) is 0. The van der Waals surface area contributed by atoms with E-state index in [1.165, 1.54) is 0 Å². The van der Waals surface area contributed by atoms with Crippen LogP contribution in [0.1, 0.15) is 13.3 Å². The molecule has 0 bridgehead atoms. The number of aliphatic hydroxyl groups is 1. The van der Waals surface area contributed by atoms with Gasteiger partial charge in [-0.2, -0.15) is 0 Å². The smallest absolute Gasteiger partial charge is 0.332 e. The van der Waals surface area contributed by atoms with Crippen molar-refractivity contribution in [3.8, 4) is 0 Å². The van der Waals surface area contributed by atoms with Gasteiger partial charge in [0.15, 0.2) is 6.10 Å². The Morgan fingerprint density at radius 3 is 2.00 bits per heavy atom. The van der Waals surface area contributed by atoms with Gasteiger partial charge >= 0.3 is 5.97 Å². The minimum atomic E-state index is -1.18. The lowest BCUT2D eigenvalue weighted by atomic mass is 10.3. The molecule has 0 aromatic carbocycles. The van der Waals surface area contributed by atoms with Crippen molar-refractivity contribution in [3.05, 3.63) is 12.7 Å². The zero-order chi connectivity index (χ0) is 10.1. The highest BCUT2D eigenvalue weighted by molar-refractivity contribution is 5.84. The first kappa shape index (κ1) is 13.2. The van der Waals surface area contributed by atoms with E-state index in [-0.39, 0.29) is 6.42 Å². The van der Waals surface area contributed by atoms with E-state index >= 15 is 0 Å². The Balaban J connectivity index is 0. The number of aliphatic carboxylic acids is 1. The maximum absolute atomic E-state index is 9.68. The number of amides is 1. The van der Waals surface area contributed by atoms with Crippen molar-refractivity contribution in [2.75, 3.05) is 0 Å². The van der Waals surface area contributed by atoms with E-state index in [0.717, 1.165) is 6.08 Å². The van der Waals surface area contributed by atoms with Crippen molar-refractivity contribution >= 4 is 11.9 Å². The van der Waals surface area contributed by atoms with Crippen LogP contribution in [0.25, 0.3) is 0 Å². The summed E-state index contributed by atoms with van der Waals surface area (Å²) in [4.78, 5) is 19.2. The third kappa shape index (κ3) is 11.4. The molecule has 0 heterocycles. The lowest BCUT2D eigenvalue weighted by Gasteiger charge is -1.95. The van der Waals surface area contributed by atoms with Crippen LogP contribution < -0.4 is 5.73 Å². The van der Waals surface area contributed by atoms with Crippen molar-refractivity contribution in [1.82, 2.24) is 0 Å². The van der Waals surface area contributed by atoms with E-state index in [4.69, 9.17) is 10.2 Å². The first-order valence-corrected chi connectivity index (χ1v) is 3.28. The molecule has 0 saturated heterocycles. The van der Waals surface area contributed by atoms with Crippen LogP contribution in [0.4, 0.5) is 0 Å². The highest BCUT2D eigenvalue weighted by atomic mass is 16.4. The first-order valence-electron chi connectivity index (χ1n) is 3.28. The van der Waals surface area contributed by atoms with Crippen molar-refractivity contribution in [2.24, 2.45) is 5.73 Å². The SMILES string of the molecule is C=CC(N)=O.CCC(O)C(=O)O. The fourth-order valence-electron chi connectivity index (χ4n) is 0.175. The van der Waals surface area contributed by atoms with Crippen LogP contribution in [0.2, 0.25) is 0 Å². The van der Waals surface area contributed by atoms with E-state index in [0.29, 0.717) is 0 Å².